The maximum atomic E-state index is 12.5. The molecule has 0 unspecified atom stereocenters. The number of nitrogens with zero attached hydrogens (tertiary/aromatic N) is 2. The summed E-state index contributed by atoms with van der Waals surface area (Å²) in [6.45, 7) is 5.22. The molecule has 1 aromatic carbocycles. The van der Waals surface area contributed by atoms with Gasteiger partial charge in [-0.3, -0.25) is 4.79 Å². The van der Waals surface area contributed by atoms with Crippen LogP contribution in [0, 0.1) is 5.92 Å². The molecule has 132 valence electrons. The van der Waals surface area contributed by atoms with Gasteiger partial charge in [0.2, 0.25) is 5.91 Å². The lowest BCUT2D eigenvalue weighted by Crippen LogP contribution is -2.30. The highest BCUT2D eigenvalue weighted by molar-refractivity contribution is 5.76. The van der Waals surface area contributed by atoms with Crippen LogP contribution in [0.3, 0.4) is 0 Å². The Labute approximate surface area is 146 Å². The second kappa shape index (κ2) is 8.52. The second-order valence-corrected chi connectivity index (χ2v) is 7.30. The van der Waals surface area contributed by atoms with Crippen LogP contribution in [-0.4, -0.2) is 44.0 Å². The summed E-state index contributed by atoms with van der Waals surface area (Å²) >= 11 is 0. The fraction of sp³-hybridized carbons (Fsp3) is 0.650. The maximum absolute atomic E-state index is 12.5. The number of carbonyl (C=O) groups excluding carboxylic acids is 1. The topological polar surface area (TPSA) is 35.6 Å². The summed E-state index contributed by atoms with van der Waals surface area (Å²) in [4.78, 5) is 16.9. The summed E-state index contributed by atoms with van der Waals surface area (Å²) in [6, 6.07) is 8.57. The first-order valence-corrected chi connectivity index (χ1v) is 9.51. The third-order valence-electron chi connectivity index (χ3n) is 5.50. The van der Waals surface area contributed by atoms with Gasteiger partial charge in [0, 0.05) is 38.8 Å². The van der Waals surface area contributed by atoms with E-state index in [-0.39, 0.29) is 5.91 Å². The Balaban J connectivity index is 1.53. The van der Waals surface area contributed by atoms with Gasteiger partial charge in [-0.25, -0.2) is 0 Å². The van der Waals surface area contributed by atoms with Crippen LogP contribution in [-0.2, 0) is 11.3 Å². The number of hydrogen-bond donors (Lipinski definition) is 1. The van der Waals surface area contributed by atoms with Gasteiger partial charge in [-0.1, -0.05) is 18.2 Å². The van der Waals surface area contributed by atoms with E-state index < -0.39 is 0 Å². The van der Waals surface area contributed by atoms with Crippen molar-refractivity contribution in [1.29, 1.82) is 0 Å². The molecule has 1 aromatic rings. The fourth-order valence-corrected chi connectivity index (χ4v) is 3.94. The number of piperidine rings is 1. The van der Waals surface area contributed by atoms with Crippen LogP contribution in [0.15, 0.2) is 24.3 Å². The molecule has 4 nitrogen and oxygen atoms in total. The first-order chi connectivity index (χ1) is 11.7. The predicted molar refractivity (Wildman–Crippen MR) is 99.2 cm³/mol. The Morgan fingerprint density at radius 2 is 1.92 bits per heavy atom. The van der Waals surface area contributed by atoms with E-state index in [0.717, 1.165) is 45.1 Å². The van der Waals surface area contributed by atoms with Crippen molar-refractivity contribution >= 4 is 11.6 Å². The molecule has 24 heavy (non-hydrogen) atoms. The highest BCUT2D eigenvalue weighted by Crippen LogP contribution is 2.26. The molecule has 0 aromatic heterocycles. The summed E-state index contributed by atoms with van der Waals surface area (Å²) in [7, 11) is 1.95. The molecule has 0 saturated carbocycles. The first kappa shape index (κ1) is 17.3. The quantitative estimate of drug-likeness (QED) is 0.871. The van der Waals surface area contributed by atoms with Gasteiger partial charge >= 0.3 is 0 Å². The zero-order valence-corrected chi connectivity index (χ0v) is 15.0. The smallest absolute Gasteiger partial charge is 0.222 e. The minimum absolute atomic E-state index is 0.282. The van der Waals surface area contributed by atoms with Crippen molar-refractivity contribution in [3.05, 3.63) is 29.8 Å². The summed E-state index contributed by atoms with van der Waals surface area (Å²) in [5.41, 5.74) is 2.59. The molecule has 0 bridgehead atoms. The molecular weight excluding hydrogens is 298 g/mol. The lowest BCUT2D eigenvalue weighted by Gasteiger charge is -2.26. The molecule has 2 aliphatic rings. The van der Waals surface area contributed by atoms with E-state index >= 15 is 0 Å². The number of rotatable bonds is 6. The van der Waals surface area contributed by atoms with Gasteiger partial charge in [0.15, 0.2) is 0 Å². The molecular formula is C20H31N3O. The van der Waals surface area contributed by atoms with Crippen LogP contribution in [0.5, 0.6) is 0 Å². The van der Waals surface area contributed by atoms with Gasteiger partial charge in [0.1, 0.15) is 0 Å². The van der Waals surface area contributed by atoms with Crippen LogP contribution in [0.1, 0.15) is 44.1 Å². The van der Waals surface area contributed by atoms with E-state index in [0.29, 0.717) is 6.42 Å². The van der Waals surface area contributed by atoms with Gasteiger partial charge < -0.3 is 15.1 Å². The van der Waals surface area contributed by atoms with Crippen molar-refractivity contribution < 1.29 is 4.79 Å². The van der Waals surface area contributed by atoms with Gasteiger partial charge in [-0.05, 0) is 62.7 Å². The molecule has 3 rings (SSSR count). The Morgan fingerprint density at radius 1 is 1.21 bits per heavy atom. The van der Waals surface area contributed by atoms with Crippen LogP contribution in [0.25, 0.3) is 0 Å². The Kier molecular flexibility index (Phi) is 6.13. The monoisotopic (exact) mass is 329 g/mol. The average Bonchev–Trinajstić information content (AvgIpc) is 3.15. The lowest BCUT2D eigenvalue weighted by atomic mass is 9.93. The van der Waals surface area contributed by atoms with Crippen LogP contribution >= 0.6 is 0 Å². The molecule has 0 aliphatic carbocycles. The molecule has 0 spiro atoms. The van der Waals surface area contributed by atoms with Gasteiger partial charge in [-0.15, -0.1) is 0 Å². The molecule has 2 aliphatic heterocycles. The van der Waals surface area contributed by atoms with E-state index in [1.54, 1.807) is 0 Å². The molecule has 0 atom stereocenters. The minimum Gasteiger partial charge on any atom is -0.371 e. The van der Waals surface area contributed by atoms with E-state index in [9.17, 15) is 4.79 Å². The zero-order chi connectivity index (χ0) is 16.8. The Hall–Kier alpha value is -1.55. The number of amides is 1. The highest BCUT2D eigenvalue weighted by Gasteiger charge is 2.19. The van der Waals surface area contributed by atoms with Crippen molar-refractivity contribution in [3.8, 4) is 0 Å². The predicted octanol–water partition coefficient (Wildman–Crippen LogP) is 3.03. The summed E-state index contributed by atoms with van der Waals surface area (Å²) < 4.78 is 0. The molecule has 1 amide bonds. The van der Waals surface area contributed by atoms with E-state index in [1.165, 1.54) is 36.9 Å². The standard InChI is InChI=1S/C20H31N3O/c1-22(20(24)9-8-17-10-12-21-13-11-17)16-18-6-2-3-7-19(18)23-14-4-5-15-23/h2-3,6-7,17,21H,4-5,8-16H2,1H3. The molecule has 2 fully saturated rings. The van der Waals surface area contributed by atoms with Crippen LogP contribution in [0.2, 0.25) is 0 Å². The maximum Gasteiger partial charge on any atom is 0.222 e. The number of benzene rings is 1. The number of hydrogen-bond acceptors (Lipinski definition) is 3. The zero-order valence-electron chi connectivity index (χ0n) is 15.0. The lowest BCUT2D eigenvalue weighted by molar-refractivity contribution is -0.130. The van der Waals surface area contributed by atoms with Crippen LogP contribution in [0.4, 0.5) is 5.69 Å². The summed E-state index contributed by atoms with van der Waals surface area (Å²) in [5, 5.41) is 3.39. The number of nitrogens with one attached hydrogen (secondary N) is 1. The summed E-state index contributed by atoms with van der Waals surface area (Å²) in [5.74, 6) is 1.00. The second-order valence-electron chi connectivity index (χ2n) is 7.30. The van der Waals surface area contributed by atoms with Crippen molar-refractivity contribution in [1.82, 2.24) is 10.2 Å². The van der Waals surface area contributed by atoms with Crippen molar-refractivity contribution in [2.24, 2.45) is 5.92 Å². The molecule has 2 heterocycles. The first-order valence-electron chi connectivity index (χ1n) is 9.51. The number of para-hydroxylation sites is 1. The highest BCUT2D eigenvalue weighted by atomic mass is 16.2. The molecule has 0 radical (unpaired) electrons. The number of carbonyl (C=O) groups is 1. The van der Waals surface area contributed by atoms with E-state index in [4.69, 9.17) is 0 Å². The van der Waals surface area contributed by atoms with E-state index in [2.05, 4.69) is 34.5 Å². The number of anilines is 1. The average molecular weight is 329 g/mol. The van der Waals surface area contributed by atoms with Crippen molar-refractivity contribution in [2.45, 2.75) is 45.1 Å². The van der Waals surface area contributed by atoms with Crippen molar-refractivity contribution in [3.63, 3.8) is 0 Å². The molecule has 2 saturated heterocycles. The largest absolute Gasteiger partial charge is 0.371 e. The SMILES string of the molecule is CN(Cc1ccccc1N1CCCC1)C(=O)CCC1CCNCC1. The van der Waals surface area contributed by atoms with Gasteiger partial charge in [-0.2, -0.15) is 0 Å². The third kappa shape index (κ3) is 4.50. The summed E-state index contributed by atoms with van der Waals surface area (Å²) in [6.07, 6.45) is 6.72. The van der Waals surface area contributed by atoms with Crippen molar-refractivity contribution in [2.75, 3.05) is 38.1 Å². The van der Waals surface area contributed by atoms with Gasteiger partial charge in [0.25, 0.3) is 0 Å². The molecule has 4 heteroatoms. The fourth-order valence-electron chi connectivity index (χ4n) is 3.94. The minimum atomic E-state index is 0.282. The Morgan fingerprint density at radius 3 is 2.67 bits per heavy atom. The third-order valence-corrected chi connectivity index (χ3v) is 5.50. The van der Waals surface area contributed by atoms with Crippen LogP contribution < -0.4 is 10.2 Å². The van der Waals surface area contributed by atoms with Gasteiger partial charge in [0.05, 0.1) is 0 Å². The normalized spacial score (nSPS) is 18.8. The Bertz CT molecular complexity index is 533. The van der Waals surface area contributed by atoms with E-state index in [1.807, 2.05) is 11.9 Å². The molecule has 1 N–H and O–H groups in total.